The average Bonchev–Trinajstić information content (AvgIpc) is 2.95. The highest BCUT2D eigenvalue weighted by atomic mass is 35.5. The van der Waals surface area contributed by atoms with Crippen LogP contribution < -0.4 is 15.8 Å². The Morgan fingerprint density at radius 1 is 1.10 bits per heavy atom. The van der Waals surface area contributed by atoms with Gasteiger partial charge in [-0.05, 0) is 87.9 Å². The molecule has 0 saturated carbocycles. The minimum atomic E-state index is -0.733. The number of benzene rings is 2. The number of nitrogens with two attached hydrogens (primary N) is 1. The molecule has 0 bridgehead atoms. The van der Waals surface area contributed by atoms with Gasteiger partial charge < -0.3 is 20.9 Å². The molecular formula is C32H47ClN6O2S. The summed E-state index contributed by atoms with van der Waals surface area (Å²) in [7, 11) is 0. The van der Waals surface area contributed by atoms with Crippen LogP contribution in [0.4, 0.5) is 0 Å². The van der Waals surface area contributed by atoms with Gasteiger partial charge in [-0.3, -0.25) is 19.3 Å². The third-order valence-corrected chi connectivity index (χ3v) is 9.45. The number of likely N-dealkylation sites (tertiary alicyclic amines) is 1. The zero-order chi connectivity index (χ0) is 29.4. The fraction of sp³-hybridized carbons (Fsp3) is 0.531. The first kappa shape index (κ1) is 33.7. The molecule has 4 rings (SSSR count). The van der Waals surface area contributed by atoms with Gasteiger partial charge in [-0.15, -0.1) is 12.4 Å². The molecule has 8 nitrogen and oxygen atoms in total. The van der Waals surface area contributed by atoms with Gasteiger partial charge in [0.05, 0.1) is 0 Å². The summed E-state index contributed by atoms with van der Waals surface area (Å²) in [6, 6.07) is 14.3. The number of aliphatic imine (C=N–C) groups is 1. The van der Waals surface area contributed by atoms with E-state index in [0.717, 1.165) is 37.4 Å². The molecule has 1 spiro atoms. The predicted molar refractivity (Wildman–Crippen MR) is 175 cm³/mol. The van der Waals surface area contributed by atoms with Crippen molar-refractivity contribution in [3.8, 4) is 0 Å². The van der Waals surface area contributed by atoms with Crippen molar-refractivity contribution in [1.82, 2.24) is 19.8 Å². The lowest BCUT2D eigenvalue weighted by Gasteiger charge is -2.51. The summed E-state index contributed by atoms with van der Waals surface area (Å²) in [6.45, 7) is 12.0. The number of hydrogen-bond acceptors (Lipinski definition) is 5. The van der Waals surface area contributed by atoms with Crippen LogP contribution in [-0.4, -0.2) is 71.9 Å². The first-order valence-electron chi connectivity index (χ1n) is 14.9. The van der Waals surface area contributed by atoms with E-state index in [2.05, 4.69) is 84.0 Å². The molecule has 2 heterocycles. The fourth-order valence-corrected chi connectivity index (χ4v) is 6.86. The number of piperazine rings is 1. The summed E-state index contributed by atoms with van der Waals surface area (Å²) < 4.78 is 3.13. The molecule has 2 aromatic rings. The van der Waals surface area contributed by atoms with Crippen LogP contribution >= 0.6 is 24.4 Å². The van der Waals surface area contributed by atoms with E-state index in [1.807, 2.05) is 11.0 Å². The van der Waals surface area contributed by atoms with Crippen molar-refractivity contribution in [2.45, 2.75) is 82.7 Å². The van der Waals surface area contributed by atoms with E-state index in [4.69, 9.17) is 5.73 Å². The van der Waals surface area contributed by atoms with E-state index in [0.29, 0.717) is 44.7 Å². The Kier molecular flexibility index (Phi) is 12.6. The van der Waals surface area contributed by atoms with E-state index in [1.54, 1.807) is 0 Å². The summed E-state index contributed by atoms with van der Waals surface area (Å²) in [4.78, 5) is 37.1. The van der Waals surface area contributed by atoms with Gasteiger partial charge in [0.25, 0.3) is 0 Å². The van der Waals surface area contributed by atoms with Crippen LogP contribution in [0.25, 0.3) is 0 Å². The van der Waals surface area contributed by atoms with Crippen LogP contribution in [-0.2, 0) is 16.0 Å². The molecule has 0 unspecified atom stereocenters. The van der Waals surface area contributed by atoms with Gasteiger partial charge in [0.1, 0.15) is 11.6 Å². The molecule has 4 N–H and O–H groups in total. The van der Waals surface area contributed by atoms with E-state index in [9.17, 15) is 9.59 Å². The van der Waals surface area contributed by atoms with Crippen molar-refractivity contribution >= 4 is 42.1 Å². The quantitative estimate of drug-likeness (QED) is 0.149. The highest BCUT2D eigenvalue weighted by molar-refractivity contribution is 7.98. The lowest BCUT2D eigenvalue weighted by molar-refractivity contribution is -0.161. The molecule has 2 aliphatic rings. The van der Waals surface area contributed by atoms with Gasteiger partial charge in [-0.2, -0.15) is 0 Å². The summed E-state index contributed by atoms with van der Waals surface area (Å²) in [5.74, 6) is 0.405. The van der Waals surface area contributed by atoms with Gasteiger partial charge >= 0.3 is 0 Å². The molecule has 0 aliphatic carbocycles. The van der Waals surface area contributed by atoms with Gasteiger partial charge in [-0.25, -0.2) is 0 Å². The number of piperidine rings is 1. The average molecular weight is 615 g/mol. The van der Waals surface area contributed by atoms with Crippen LogP contribution in [0.3, 0.4) is 0 Å². The number of halogens is 1. The molecule has 2 aliphatic heterocycles. The second-order valence-corrected chi connectivity index (χ2v) is 12.3. The molecule has 42 heavy (non-hydrogen) atoms. The van der Waals surface area contributed by atoms with E-state index in [-0.39, 0.29) is 24.2 Å². The molecule has 2 fully saturated rings. The Balaban J connectivity index is 0.00000484. The number of hydrogen-bond donors (Lipinski definition) is 3. The number of carbonyl (C=O) groups is 2. The maximum Gasteiger partial charge on any atom is 0.246 e. The first-order valence-corrected chi connectivity index (χ1v) is 15.7. The highest BCUT2D eigenvalue weighted by Gasteiger charge is 2.52. The lowest BCUT2D eigenvalue weighted by Crippen LogP contribution is -2.72. The highest BCUT2D eigenvalue weighted by Crippen LogP contribution is 2.34. The number of nitrogens with one attached hydrogen (secondary N) is 2. The molecule has 230 valence electrons. The third-order valence-electron chi connectivity index (χ3n) is 8.29. The minimum Gasteiger partial charge on any atom is -0.369 e. The Morgan fingerprint density at radius 3 is 2.40 bits per heavy atom. The summed E-state index contributed by atoms with van der Waals surface area (Å²) in [6.07, 6.45) is 4.38. The van der Waals surface area contributed by atoms with Gasteiger partial charge in [0.15, 0.2) is 5.96 Å². The Labute approximate surface area is 261 Å². The number of aryl methyl sites for hydroxylation is 3. The number of nitrogens with zero attached hydrogens (tertiary/aromatic N) is 3. The number of carbonyl (C=O) groups excluding carboxylic acids is 2. The molecule has 10 heteroatoms. The van der Waals surface area contributed by atoms with Crippen molar-refractivity contribution in [2.24, 2.45) is 10.7 Å². The Morgan fingerprint density at radius 2 is 1.76 bits per heavy atom. The molecule has 2 aromatic carbocycles. The van der Waals surface area contributed by atoms with Crippen LogP contribution in [0, 0.1) is 20.8 Å². The van der Waals surface area contributed by atoms with Crippen molar-refractivity contribution in [3.05, 3.63) is 64.7 Å². The molecule has 2 amide bonds. The van der Waals surface area contributed by atoms with Crippen molar-refractivity contribution in [1.29, 1.82) is 0 Å². The zero-order valence-electron chi connectivity index (χ0n) is 25.4. The number of rotatable bonds is 11. The Bertz CT molecular complexity index is 1210. The fourth-order valence-electron chi connectivity index (χ4n) is 6.15. The lowest BCUT2D eigenvalue weighted by atomic mass is 9.81. The van der Waals surface area contributed by atoms with Gasteiger partial charge in [0, 0.05) is 37.6 Å². The van der Waals surface area contributed by atoms with Gasteiger partial charge in [-0.1, -0.05) is 55.0 Å². The maximum atomic E-state index is 13.6. The van der Waals surface area contributed by atoms with Gasteiger partial charge in [0.2, 0.25) is 11.8 Å². The molecule has 1 atom stereocenters. The van der Waals surface area contributed by atoms with Crippen molar-refractivity contribution < 1.29 is 9.59 Å². The summed E-state index contributed by atoms with van der Waals surface area (Å²) in [5, 5.41) is 3.09. The maximum absolute atomic E-state index is 13.6. The van der Waals surface area contributed by atoms with Crippen LogP contribution in [0.1, 0.15) is 61.3 Å². The molecular weight excluding hydrogens is 568 g/mol. The summed E-state index contributed by atoms with van der Waals surface area (Å²) in [5.41, 5.74) is 10.3. The zero-order valence-corrected chi connectivity index (χ0v) is 27.1. The van der Waals surface area contributed by atoms with Crippen molar-refractivity contribution in [2.75, 3.05) is 32.7 Å². The largest absolute Gasteiger partial charge is 0.369 e. The standard InChI is InChI=1S/C32H46N6O2S.ClH/c1-5-17-38-29(39)27(12-9-16-34-31(33)36-41-28-24(3)21-23(2)22-25(28)4)35-30(40)32(38)14-19-37(20-15-32)18-13-26-10-7-6-8-11-26;/h6-8,10-11,21-22,27H,5,9,12-20H2,1-4H3,(H,35,40)(H3,33,34,36);1H/t27-;/m0./s1. The van der Waals surface area contributed by atoms with E-state index >= 15 is 0 Å². The normalized spacial score (nSPS) is 19.0. The molecule has 2 saturated heterocycles. The number of amides is 2. The van der Waals surface area contributed by atoms with Crippen molar-refractivity contribution in [3.63, 3.8) is 0 Å². The predicted octanol–water partition coefficient (Wildman–Crippen LogP) is 4.54. The monoisotopic (exact) mass is 614 g/mol. The summed E-state index contributed by atoms with van der Waals surface area (Å²) >= 11 is 1.47. The number of guanidine groups is 1. The first-order chi connectivity index (χ1) is 19.7. The molecule has 0 aromatic heterocycles. The smallest absolute Gasteiger partial charge is 0.246 e. The SMILES string of the molecule is CCCN1C(=O)[C@H](CCCN=C(N)NSc2c(C)cc(C)cc2C)NC(=O)C12CCN(CCc1ccccc1)CC2.Cl. The van der Waals surface area contributed by atoms with Crippen LogP contribution in [0.15, 0.2) is 52.4 Å². The topological polar surface area (TPSA) is 103 Å². The second kappa shape index (κ2) is 15.6. The van der Waals surface area contributed by atoms with Crippen LogP contribution in [0.2, 0.25) is 0 Å². The minimum absolute atomic E-state index is 0. The second-order valence-electron chi connectivity index (χ2n) is 11.5. The third kappa shape index (κ3) is 8.20. The molecule has 0 radical (unpaired) electrons. The van der Waals surface area contributed by atoms with E-state index < -0.39 is 11.6 Å². The van der Waals surface area contributed by atoms with Crippen LogP contribution in [0.5, 0.6) is 0 Å². The Hall–Kier alpha value is -2.75. The van der Waals surface area contributed by atoms with E-state index in [1.165, 1.54) is 34.2 Å².